The van der Waals surface area contributed by atoms with E-state index < -0.39 is 5.91 Å². The molecular weight excluding hydrogens is 358 g/mol. The van der Waals surface area contributed by atoms with Crippen LogP contribution >= 0.6 is 0 Å². The minimum atomic E-state index is -0.419. The van der Waals surface area contributed by atoms with Gasteiger partial charge in [-0.2, -0.15) is 5.10 Å². The molecule has 0 bridgehead atoms. The van der Waals surface area contributed by atoms with E-state index in [0.29, 0.717) is 34.5 Å². The summed E-state index contributed by atoms with van der Waals surface area (Å²) in [7, 11) is 3.07. The van der Waals surface area contributed by atoms with E-state index in [0.717, 1.165) is 0 Å². The fraction of sp³-hybridized carbons (Fsp3) is 0.286. The zero-order chi connectivity index (χ0) is 20.3. The van der Waals surface area contributed by atoms with Gasteiger partial charge in [-0.25, -0.2) is 4.68 Å². The molecule has 7 nitrogen and oxygen atoms in total. The quantitative estimate of drug-likeness (QED) is 0.708. The van der Waals surface area contributed by atoms with E-state index in [1.807, 2.05) is 13.8 Å². The lowest BCUT2D eigenvalue weighted by atomic mass is 10.1. The summed E-state index contributed by atoms with van der Waals surface area (Å²) in [5.74, 6) is 0.873. The van der Waals surface area contributed by atoms with Gasteiger partial charge in [-0.1, -0.05) is 32.0 Å². The highest BCUT2D eigenvalue weighted by atomic mass is 16.5. The van der Waals surface area contributed by atoms with Crippen molar-refractivity contribution in [3.05, 3.63) is 58.5 Å². The van der Waals surface area contributed by atoms with Gasteiger partial charge in [0.1, 0.15) is 11.5 Å². The number of nitrogens with zero attached hydrogens (tertiary/aromatic N) is 2. The zero-order valence-corrected chi connectivity index (χ0v) is 16.4. The van der Waals surface area contributed by atoms with Crippen molar-refractivity contribution in [3.63, 3.8) is 0 Å². The number of carbonyl (C=O) groups is 1. The van der Waals surface area contributed by atoms with Crippen molar-refractivity contribution in [2.24, 2.45) is 5.92 Å². The summed E-state index contributed by atoms with van der Waals surface area (Å²) in [4.78, 5) is 25.7. The molecule has 28 heavy (non-hydrogen) atoms. The highest BCUT2D eigenvalue weighted by Crippen LogP contribution is 2.29. The second-order valence-corrected chi connectivity index (χ2v) is 6.80. The first kappa shape index (κ1) is 19.4. The van der Waals surface area contributed by atoms with Gasteiger partial charge in [0, 0.05) is 18.0 Å². The summed E-state index contributed by atoms with van der Waals surface area (Å²) in [5.41, 5.74) is 0.470. The van der Waals surface area contributed by atoms with Gasteiger partial charge < -0.3 is 14.8 Å². The van der Waals surface area contributed by atoms with Crippen molar-refractivity contribution in [2.45, 2.75) is 20.4 Å². The fourth-order valence-corrected chi connectivity index (χ4v) is 2.96. The molecule has 1 N–H and O–H groups in total. The van der Waals surface area contributed by atoms with Crippen molar-refractivity contribution in [2.75, 3.05) is 19.5 Å². The van der Waals surface area contributed by atoms with Crippen LogP contribution < -0.4 is 20.3 Å². The highest BCUT2D eigenvalue weighted by molar-refractivity contribution is 6.11. The molecule has 0 spiro atoms. The normalized spacial score (nSPS) is 10.9. The molecule has 0 saturated heterocycles. The Labute approximate surface area is 162 Å². The maximum Gasteiger partial charge on any atom is 0.276 e. The standard InChI is InChI=1S/C21H23N3O4/c1-13(2)12-24-21(26)16-8-6-5-7-15(16)19(23-24)20(25)22-17-10-9-14(27-3)11-18(17)28-4/h5-11,13H,12H2,1-4H3,(H,22,25). The van der Waals surface area contributed by atoms with Gasteiger partial charge in [-0.15, -0.1) is 0 Å². The molecule has 0 unspecified atom stereocenters. The number of hydrogen-bond acceptors (Lipinski definition) is 5. The molecule has 1 heterocycles. The molecule has 146 valence electrons. The van der Waals surface area contributed by atoms with Crippen LogP contribution in [0, 0.1) is 5.92 Å². The van der Waals surface area contributed by atoms with Crippen LogP contribution in [-0.4, -0.2) is 29.9 Å². The van der Waals surface area contributed by atoms with Crippen LogP contribution in [0.5, 0.6) is 11.5 Å². The Morgan fingerprint density at radius 1 is 1.11 bits per heavy atom. The van der Waals surface area contributed by atoms with Crippen LogP contribution in [-0.2, 0) is 6.54 Å². The molecule has 1 amide bonds. The number of nitrogens with one attached hydrogen (secondary N) is 1. The summed E-state index contributed by atoms with van der Waals surface area (Å²) >= 11 is 0. The summed E-state index contributed by atoms with van der Waals surface area (Å²) in [6.07, 6.45) is 0. The van der Waals surface area contributed by atoms with Crippen molar-refractivity contribution in [3.8, 4) is 11.5 Å². The van der Waals surface area contributed by atoms with Crippen LogP contribution in [0.4, 0.5) is 5.69 Å². The van der Waals surface area contributed by atoms with Gasteiger partial charge in [0.2, 0.25) is 0 Å². The number of anilines is 1. The number of fused-ring (bicyclic) bond motifs is 1. The third-order valence-electron chi connectivity index (χ3n) is 4.28. The summed E-state index contributed by atoms with van der Waals surface area (Å²) in [6.45, 7) is 4.41. The Balaban J connectivity index is 2.07. The average molecular weight is 381 g/mol. The van der Waals surface area contributed by atoms with E-state index in [9.17, 15) is 9.59 Å². The van der Waals surface area contributed by atoms with Crippen LogP contribution in [0.25, 0.3) is 10.8 Å². The largest absolute Gasteiger partial charge is 0.497 e. The van der Waals surface area contributed by atoms with Gasteiger partial charge in [-0.3, -0.25) is 9.59 Å². The molecule has 0 atom stereocenters. The van der Waals surface area contributed by atoms with Crippen molar-refractivity contribution in [1.29, 1.82) is 0 Å². The van der Waals surface area contributed by atoms with Gasteiger partial charge in [0.25, 0.3) is 11.5 Å². The number of benzene rings is 2. The second kappa shape index (κ2) is 8.12. The molecule has 0 radical (unpaired) electrons. The lowest BCUT2D eigenvalue weighted by Crippen LogP contribution is -2.29. The minimum absolute atomic E-state index is 0.189. The van der Waals surface area contributed by atoms with Gasteiger partial charge in [0.05, 0.1) is 25.3 Å². The van der Waals surface area contributed by atoms with Gasteiger partial charge in [-0.05, 0) is 24.1 Å². The Hall–Kier alpha value is -3.35. The number of methoxy groups -OCH3 is 2. The van der Waals surface area contributed by atoms with Crippen molar-refractivity contribution in [1.82, 2.24) is 9.78 Å². The first-order chi connectivity index (χ1) is 13.4. The van der Waals surface area contributed by atoms with Gasteiger partial charge >= 0.3 is 0 Å². The number of ether oxygens (including phenoxy) is 2. The Morgan fingerprint density at radius 3 is 2.46 bits per heavy atom. The maximum absolute atomic E-state index is 13.0. The smallest absolute Gasteiger partial charge is 0.276 e. The summed E-state index contributed by atoms with van der Waals surface area (Å²) < 4.78 is 11.9. The number of amides is 1. The predicted molar refractivity (Wildman–Crippen MR) is 108 cm³/mol. The number of aromatic nitrogens is 2. The topological polar surface area (TPSA) is 82.5 Å². The summed E-state index contributed by atoms with van der Waals surface area (Å²) in [5, 5.41) is 8.15. The maximum atomic E-state index is 13.0. The highest BCUT2D eigenvalue weighted by Gasteiger charge is 2.18. The van der Waals surface area contributed by atoms with Crippen LogP contribution in [0.3, 0.4) is 0 Å². The zero-order valence-electron chi connectivity index (χ0n) is 16.4. The molecule has 1 aromatic heterocycles. The number of hydrogen-bond donors (Lipinski definition) is 1. The Bertz CT molecular complexity index is 1070. The molecule has 2 aromatic carbocycles. The van der Waals surface area contributed by atoms with E-state index in [-0.39, 0.29) is 17.2 Å². The molecule has 7 heteroatoms. The monoisotopic (exact) mass is 381 g/mol. The SMILES string of the molecule is COc1ccc(NC(=O)c2nn(CC(C)C)c(=O)c3ccccc23)c(OC)c1. The molecule has 0 aliphatic rings. The lowest BCUT2D eigenvalue weighted by Gasteiger charge is -2.14. The third-order valence-corrected chi connectivity index (χ3v) is 4.28. The Morgan fingerprint density at radius 2 is 1.82 bits per heavy atom. The van der Waals surface area contributed by atoms with E-state index in [4.69, 9.17) is 9.47 Å². The molecule has 0 aliphatic carbocycles. The predicted octanol–water partition coefficient (Wildman–Crippen LogP) is 3.32. The van der Waals surface area contributed by atoms with E-state index in [2.05, 4.69) is 10.4 Å². The van der Waals surface area contributed by atoms with E-state index in [1.54, 1.807) is 49.6 Å². The first-order valence-corrected chi connectivity index (χ1v) is 8.97. The third kappa shape index (κ3) is 3.83. The molecule has 0 fully saturated rings. The fourth-order valence-electron chi connectivity index (χ4n) is 2.96. The molecular formula is C21H23N3O4. The minimum Gasteiger partial charge on any atom is -0.497 e. The molecule has 0 saturated carbocycles. The van der Waals surface area contributed by atoms with E-state index in [1.165, 1.54) is 11.8 Å². The van der Waals surface area contributed by atoms with Crippen LogP contribution in [0.1, 0.15) is 24.3 Å². The lowest BCUT2D eigenvalue weighted by molar-refractivity contribution is 0.102. The number of carbonyl (C=O) groups excluding carboxylic acids is 1. The summed E-state index contributed by atoms with van der Waals surface area (Å²) in [6, 6.07) is 12.1. The van der Waals surface area contributed by atoms with Gasteiger partial charge in [0.15, 0.2) is 5.69 Å². The van der Waals surface area contributed by atoms with Crippen molar-refractivity contribution >= 4 is 22.4 Å². The Kier molecular flexibility index (Phi) is 5.63. The van der Waals surface area contributed by atoms with Crippen LogP contribution in [0.15, 0.2) is 47.3 Å². The molecule has 3 rings (SSSR count). The number of rotatable bonds is 6. The molecule has 0 aliphatic heterocycles. The van der Waals surface area contributed by atoms with Crippen molar-refractivity contribution < 1.29 is 14.3 Å². The average Bonchev–Trinajstić information content (AvgIpc) is 2.70. The molecule has 3 aromatic rings. The van der Waals surface area contributed by atoms with E-state index >= 15 is 0 Å². The second-order valence-electron chi connectivity index (χ2n) is 6.80. The first-order valence-electron chi connectivity index (χ1n) is 8.97. The van der Waals surface area contributed by atoms with Crippen LogP contribution in [0.2, 0.25) is 0 Å².